The van der Waals surface area contributed by atoms with Crippen LogP contribution in [0.3, 0.4) is 0 Å². The second-order valence-corrected chi connectivity index (χ2v) is 53.3. The fourth-order valence-corrected chi connectivity index (χ4v) is 11.8. The summed E-state index contributed by atoms with van der Waals surface area (Å²) in [4.78, 5) is 107. The summed E-state index contributed by atoms with van der Waals surface area (Å²) >= 11 is 0. The highest BCUT2D eigenvalue weighted by Crippen LogP contribution is 2.28. The number of ether oxygens (including phenoxy) is 7. The molecular weight excluding hydrogens is 1430 g/mol. The summed E-state index contributed by atoms with van der Waals surface area (Å²) in [6.07, 6.45) is 0.403. The van der Waals surface area contributed by atoms with Gasteiger partial charge in [0, 0.05) is 48.8 Å². The number of esters is 3. The van der Waals surface area contributed by atoms with Gasteiger partial charge in [-0.25, -0.2) is 24.0 Å². The van der Waals surface area contributed by atoms with Crippen molar-refractivity contribution in [2.24, 2.45) is 0 Å². The molecule has 0 radical (unpaired) electrons. The Morgan fingerprint density at radius 3 is 0.843 bits per heavy atom. The van der Waals surface area contributed by atoms with Crippen molar-refractivity contribution in [2.75, 3.05) is 19.8 Å². The minimum absolute atomic E-state index is 0.0198. The van der Waals surface area contributed by atoms with E-state index in [9.17, 15) is 48.3 Å². The Morgan fingerprint density at radius 1 is 0.343 bits per heavy atom. The number of alkyl carbamates (subject to hydrolysis) is 4. The van der Waals surface area contributed by atoms with Gasteiger partial charge in [-0.3, -0.25) is 19.2 Å². The van der Waals surface area contributed by atoms with Crippen LogP contribution in [0.15, 0.2) is 97.1 Å². The molecule has 0 saturated heterocycles. The van der Waals surface area contributed by atoms with Gasteiger partial charge in [0.2, 0.25) is 0 Å². The van der Waals surface area contributed by atoms with E-state index < -0.39 is 99.8 Å². The molecule has 606 valence electrons. The number of rotatable bonds is 30. The fourth-order valence-electron chi connectivity index (χ4n) is 9.69. The molecular formula is C83H134N4O18Si3. The lowest BCUT2D eigenvalue weighted by Gasteiger charge is -2.25. The molecule has 108 heavy (non-hydrogen) atoms. The van der Waals surface area contributed by atoms with Crippen LogP contribution in [-0.2, 0) is 106 Å². The Kier molecular flexibility index (Phi) is 39.4. The van der Waals surface area contributed by atoms with E-state index in [1.54, 1.807) is 57.2 Å². The number of hydrogen-bond donors (Lipinski definition) is 6. The van der Waals surface area contributed by atoms with Crippen LogP contribution in [0, 0.1) is 0 Å². The summed E-state index contributed by atoms with van der Waals surface area (Å²) in [6.45, 7) is 56.5. The van der Waals surface area contributed by atoms with E-state index in [0.717, 1.165) is 62.6 Å². The first kappa shape index (κ1) is 98.0. The van der Waals surface area contributed by atoms with Gasteiger partial charge in [-0.2, -0.15) is 0 Å². The van der Waals surface area contributed by atoms with Crippen LogP contribution in [-0.4, -0.2) is 155 Å². The number of hydrogen-bond acceptors (Lipinski definition) is 16. The van der Waals surface area contributed by atoms with Crippen LogP contribution < -0.4 is 21.3 Å². The molecule has 0 unspecified atom stereocenters. The quantitative estimate of drug-likeness (QED) is 0.0161. The van der Waals surface area contributed by atoms with E-state index in [4.69, 9.17) is 38.3 Å². The lowest BCUT2D eigenvalue weighted by Crippen LogP contribution is -2.44. The number of carbonyl (C=O) groups is 9. The lowest BCUT2D eigenvalue weighted by atomic mass is 9.84. The zero-order valence-corrected chi connectivity index (χ0v) is 73.5. The van der Waals surface area contributed by atoms with Gasteiger partial charge in [0.1, 0.15) is 28.4 Å². The molecule has 0 aliphatic carbocycles. The van der Waals surface area contributed by atoms with Crippen molar-refractivity contribution in [1.82, 2.24) is 21.3 Å². The van der Waals surface area contributed by atoms with Crippen LogP contribution in [0.5, 0.6) is 0 Å². The van der Waals surface area contributed by atoms with E-state index in [0.29, 0.717) is 39.1 Å². The molecule has 0 bridgehead atoms. The summed E-state index contributed by atoms with van der Waals surface area (Å²) in [6, 6.07) is 31.8. The average Bonchev–Trinajstić information content (AvgIpc) is 0.822. The van der Waals surface area contributed by atoms with Gasteiger partial charge in [-0.15, -0.1) is 0 Å². The van der Waals surface area contributed by atoms with Crippen molar-refractivity contribution in [3.05, 3.63) is 142 Å². The molecule has 0 aromatic heterocycles. The zero-order valence-electron chi connectivity index (χ0n) is 70.5. The van der Waals surface area contributed by atoms with Gasteiger partial charge in [0.05, 0.1) is 43.5 Å². The predicted octanol–water partition coefficient (Wildman–Crippen LogP) is 17.0. The van der Waals surface area contributed by atoms with E-state index in [1.165, 1.54) is 0 Å². The third kappa shape index (κ3) is 46.3. The average molecular weight is 1560 g/mol. The summed E-state index contributed by atoms with van der Waals surface area (Å²) in [5.41, 5.74) is 3.56. The smallest absolute Gasteiger partial charge is 0.408 e. The largest absolute Gasteiger partial charge is 0.481 e. The third-order valence-electron chi connectivity index (χ3n) is 15.8. The molecule has 0 aliphatic rings. The molecule has 6 N–H and O–H groups in total. The second-order valence-electron chi connectivity index (χ2n) is 36.4. The van der Waals surface area contributed by atoms with Gasteiger partial charge < -0.3 is 64.6 Å². The Labute approximate surface area is 648 Å². The van der Waals surface area contributed by atoms with E-state index in [2.05, 4.69) is 80.2 Å². The molecule has 0 heterocycles. The summed E-state index contributed by atoms with van der Waals surface area (Å²) in [5, 5.41) is 29.0. The van der Waals surface area contributed by atoms with Crippen LogP contribution in [0.25, 0.3) is 0 Å². The topological polar surface area (TPSA) is 307 Å². The van der Waals surface area contributed by atoms with Crippen molar-refractivity contribution < 1.29 is 86.5 Å². The number of carboxylic acid groups (broad SMARTS) is 2. The minimum atomic E-state index is -1.28. The van der Waals surface area contributed by atoms with Crippen LogP contribution in [0.4, 0.5) is 19.2 Å². The van der Waals surface area contributed by atoms with Crippen LogP contribution in [0.2, 0.25) is 77.1 Å². The van der Waals surface area contributed by atoms with E-state index in [1.807, 2.05) is 171 Å². The van der Waals surface area contributed by atoms with Gasteiger partial charge in [-0.1, -0.05) is 156 Å². The van der Waals surface area contributed by atoms with E-state index >= 15 is 0 Å². The van der Waals surface area contributed by atoms with Crippen LogP contribution >= 0.6 is 0 Å². The monoisotopic (exact) mass is 1560 g/mol. The first-order chi connectivity index (χ1) is 49.1. The fraction of sp³-hybridized carbons (Fsp3) is 0.602. The zero-order chi connectivity index (χ0) is 83.2. The third-order valence-corrected chi connectivity index (χ3v) is 20.9. The van der Waals surface area contributed by atoms with Crippen molar-refractivity contribution >= 4 is 78.4 Å². The van der Waals surface area contributed by atoms with Crippen molar-refractivity contribution in [3.8, 4) is 0 Å². The van der Waals surface area contributed by atoms with Gasteiger partial charge in [0.25, 0.3) is 0 Å². The van der Waals surface area contributed by atoms with Crippen molar-refractivity contribution in [1.29, 1.82) is 0 Å². The summed E-state index contributed by atoms with van der Waals surface area (Å²) in [7, 11) is -3.69. The molecule has 4 aromatic rings. The number of carboxylic acids is 2. The standard InChI is InChI=1S/C23H37NO6Si.C23H39NO4Si.C21H35NO4Si.C16H23NO4/c1-22(2,3)30-21(28)24-18(19(25)26)15-16-9-11-17(12-10-16)23(4,5)20(27)29-13-14-31(6,7)8;1-17(24-21(26)28-22(2,3)4)16-18-10-12-19(13-11-18)23(5,6)20(25)27-14-15-29(7,8)9;1-16(22-20(24)26-21(2,3)4)14-17-8-10-18(11-9-17)15-19(23)25-12-13-27(5,6)7;1-11(17-15(20)21-16(2,3)4)9-12-5-7-13(8-6-12)10-14(18)19/h9-12,18H,13-15H2,1-8H3,(H,24,28)(H,25,26);10-13,17H,14-16H2,1-9H3,(H,24,26);8-11,16H,12-15H2,1-7H3,(H,22,24);5-8,11H,9-10H2,1-4H3,(H,17,20)(H,18,19)/t18-;17-;16-;11-/m0111/s1. The first-order valence-electron chi connectivity index (χ1n) is 37.4. The molecule has 25 heteroatoms. The Hall–Kier alpha value is -8.04. The van der Waals surface area contributed by atoms with Crippen molar-refractivity contribution in [2.45, 2.75) is 305 Å². The minimum Gasteiger partial charge on any atom is -0.481 e. The van der Waals surface area contributed by atoms with Gasteiger partial charge >= 0.3 is 54.2 Å². The first-order valence-corrected chi connectivity index (χ1v) is 48.5. The molecule has 4 aromatic carbocycles. The van der Waals surface area contributed by atoms with Gasteiger partial charge in [-0.05, 0) is 213 Å². The molecule has 0 saturated carbocycles. The normalized spacial score (nSPS) is 13.1. The number of benzene rings is 4. The maximum atomic E-state index is 12.6. The van der Waals surface area contributed by atoms with Crippen molar-refractivity contribution in [3.63, 3.8) is 0 Å². The highest BCUT2D eigenvalue weighted by atomic mass is 28.3. The maximum Gasteiger partial charge on any atom is 0.408 e. The second kappa shape index (κ2) is 43.4. The number of nitrogens with one attached hydrogen (secondary N) is 4. The molecule has 4 rings (SSSR count). The molecule has 0 spiro atoms. The summed E-state index contributed by atoms with van der Waals surface area (Å²) < 4.78 is 37.3. The highest BCUT2D eigenvalue weighted by Gasteiger charge is 2.34. The number of aliphatic carboxylic acids is 2. The molecule has 4 amide bonds. The summed E-state index contributed by atoms with van der Waals surface area (Å²) in [5.74, 6) is -2.65. The van der Waals surface area contributed by atoms with Gasteiger partial charge in [0.15, 0.2) is 0 Å². The predicted molar refractivity (Wildman–Crippen MR) is 436 cm³/mol. The number of carbonyl (C=O) groups excluding carboxylic acids is 7. The SMILES string of the molecule is CC(C)(C)OC(=O)N[C@@H](Cc1ccc(C(C)(C)C(=O)OCC[Si](C)(C)C)cc1)C(=O)O.C[C@H](Cc1ccc(C(C)(C)C(=O)OCC[Si](C)(C)C)cc1)NC(=O)OC(C)(C)C.C[C@H](Cc1ccc(CC(=O)O)cc1)NC(=O)OC(C)(C)C.C[C@H](Cc1ccc(CC(=O)OCC[Si](C)(C)C)cc1)NC(=O)OC(C)(C)C. The van der Waals surface area contributed by atoms with Crippen LogP contribution in [0.1, 0.15) is 176 Å². The Bertz CT molecular complexity index is 3480. The molecule has 0 fully saturated rings. The number of amides is 4. The Morgan fingerprint density at radius 2 is 0.583 bits per heavy atom. The molecule has 22 nitrogen and oxygen atoms in total. The lowest BCUT2D eigenvalue weighted by molar-refractivity contribution is -0.149. The maximum absolute atomic E-state index is 12.6. The molecule has 4 atom stereocenters. The van der Waals surface area contributed by atoms with E-state index in [-0.39, 0.29) is 55.3 Å². The highest BCUT2D eigenvalue weighted by molar-refractivity contribution is 6.76. The molecule has 0 aliphatic heterocycles. The Balaban J connectivity index is 0.000000726.